The number of hydrogen-bond acceptors (Lipinski definition) is 3. The Bertz CT molecular complexity index is 325. The monoisotopic (exact) mass is 193 g/mol. The third-order valence-electron chi connectivity index (χ3n) is 2.63. The summed E-state index contributed by atoms with van der Waals surface area (Å²) in [6, 6.07) is 6.30. The fourth-order valence-electron chi connectivity index (χ4n) is 1.75. The van der Waals surface area contributed by atoms with Gasteiger partial charge in [0.15, 0.2) is 0 Å². The second-order valence-electron chi connectivity index (χ2n) is 3.70. The molecule has 1 aromatic carbocycles. The van der Waals surface area contributed by atoms with Gasteiger partial charge in [0, 0.05) is 12.3 Å². The van der Waals surface area contributed by atoms with Crippen LogP contribution in [0.5, 0.6) is 5.75 Å². The van der Waals surface area contributed by atoms with Gasteiger partial charge in [-0.05, 0) is 17.2 Å². The van der Waals surface area contributed by atoms with E-state index in [0.29, 0.717) is 12.5 Å². The van der Waals surface area contributed by atoms with Crippen LogP contribution in [-0.2, 0) is 11.3 Å². The Balaban J connectivity index is 2.19. The number of fused-ring (bicyclic) bond motifs is 1. The van der Waals surface area contributed by atoms with Crippen molar-refractivity contribution in [3.05, 3.63) is 29.3 Å². The average molecular weight is 193 g/mol. The zero-order valence-corrected chi connectivity index (χ0v) is 8.32. The molecule has 1 heterocycles. The molecule has 3 heteroatoms. The minimum absolute atomic E-state index is 0.339. The molecule has 14 heavy (non-hydrogen) atoms. The van der Waals surface area contributed by atoms with E-state index in [1.54, 1.807) is 0 Å². The molecule has 0 saturated heterocycles. The maximum Gasteiger partial charge on any atom is 0.122 e. The van der Waals surface area contributed by atoms with E-state index in [0.717, 1.165) is 18.8 Å². The first-order valence-corrected chi connectivity index (χ1v) is 4.88. The van der Waals surface area contributed by atoms with Crippen molar-refractivity contribution in [3.8, 4) is 5.75 Å². The molecular weight excluding hydrogens is 178 g/mol. The SMILES string of the molecule is CC(CON)c1ccc2c(c1)CCO2. The molecule has 0 fully saturated rings. The van der Waals surface area contributed by atoms with Gasteiger partial charge in [-0.25, -0.2) is 5.90 Å². The molecule has 1 atom stereocenters. The molecule has 0 aliphatic carbocycles. The predicted molar refractivity (Wildman–Crippen MR) is 54.2 cm³/mol. The lowest BCUT2D eigenvalue weighted by Crippen LogP contribution is -2.08. The predicted octanol–water partition coefficient (Wildman–Crippen LogP) is 1.62. The van der Waals surface area contributed by atoms with Crippen LogP contribution in [0.4, 0.5) is 0 Å². The second-order valence-corrected chi connectivity index (χ2v) is 3.70. The summed E-state index contributed by atoms with van der Waals surface area (Å²) in [7, 11) is 0. The number of rotatable bonds is 3. The molecule has 0 amide bonds. The maximum absolute atomic E-state index is 5.44. The largest absolute Gasteiger partial charge is 0.493 e. The van der Waals surface area contributed by atoms with Gasteiger partial charge in [-0.15, -0.1) is 0 Å². The smallest absolute Gasteiger partial charge is 0.122 e. The van der Waals surface area contributed by atoms with E-state index in [1.807, 2.05) is 6.07 Å². The standard InChI is InChI=1S/C11H15NO2/c1-8(7-14-12)9-2-3-11-10(6-9)4-5-13-11/h2-3,6,8H,4-5,7,12H2,1H3. The zero-order valence-electron chi connectivity index (χ0n) is 8.32. The molecule has 1 aliphatic rings. The fourth-order valence-corrected chi connectivity index (χ4v) is 1.75. The van der Waals surface area contributed by atoms with E-state index < -0.39 is 0 Å². The van der Waals surface area contributed by atoms with Gasteiger partial charge in [0.1, 0.15) is 5.75 Å². The van der Waals surface area contributed by atoms with Gasteiger partial charge in [-0.1, -0.05) is 19.1 Å². The van der Waals surface area contributed by atoms with E-state index in [2.05, 4.69) is 23.9 Å². The van der Waals surface area contributed by atoms with E-state index in [4.69, 9.17) is 10.6 Å². The topological polar surface area (TPSA) is 44.5 Å². The van der Waals surface area contributed by atoms with Crippen molar-refractivity contribution in [2.45, 2.75) is 19.3 Å². The first-order valence-electron chi connectivity index (χ1n) is 4.88. The Labute approximate surface area is 83.8 Å². The van der Waals surface area contributed by atoms with E-state index >= 15 is 0 Å². The summed E-state index contributed by atoms with van der Waals surface area (Å²) in [6.07, 6.45) is 1.01. The number of nitrogens with two attached hydrogens (primary N) is 1. The van der Waals surface area contributed by atoms with Crippen LogP contribution in [0.15, 0.2) is 18.2 Å². The molecule has 2 N–H and O–H groups in total. The maximum atomic E-state index is 5.44. The Morgan fingerprint density at radius 3 is 3.21 bits per heavy atom. The van der Waals surface area contributed by atoms with Crippen molar-refractivity contribution in [1.82, 2.24) is 0 Å². The van der Waals surface area contributed by atoms with Crippen molar-refractivity contribution in [2.75, 3.05) is 13.2 Å². The van der Waals surface area contributed by atoms with Crippen LogP contribution in [0.1, 0.15) is 24.0 Å². The van der Waals surface area contributed by atoms with Gasteiger partial charge < -0.3 is 9.57 Å². The summed E-state index contributed by atoms with van der Waals surface area (Å²) in [6.45, 7) is 3.46. The number of hydrogen-bond donors (Lipinski definition) is 1. The van der Waals surface area contributed by atoms with Crippen LogP contribution in [0.25, 0.3) is 0 Å². The summed E-state index contributed by atoms with van der Waals surface area (Å²) < 4.78 is 5.44. The van der Waals surface area contributed by atoms with E-state index in [1.165, 1.54) is 11.1 Å². The van der Waals surface area contributed by atoms with E-state index in [9.17, 15) is 0 Å². The third-order valence-corrected chi connectivity index (χ3v) is 2.63. The highest BCUT2D eigenvalue weighted by Gasteiger charge is 2.14. The van der Waals surface area contributed by atoms with E-state index in [-0.39, 0.29) is 0 Å². The zero-order chi connectivity index (χ0) is 9.97. The number of ether oxygens (including phenoxy) is 1. The van der Waals surface area contributed by atoms with Gasteiger partial charge in [0.2, 0.25) is 0 Å². The van der Waals surface area contributed by atoms with Crippen LogP contribution in [-0.4, -0.2) is 13.2 Å². The molecule has 0 spiro atoms. The summed E-state index contributed by atoms with van der Waals surface area (Å²) in [5, 5.41) is 0. The molecule has 1 aliphatic heterocycles. The lowest BCUT2D eigenvalue weighted by Gasteiger charge is -2.11. The third kappa shape index (κ3) is 1.74. The first kappa shape index (κ1) is 9.49. The van der Waals surface area contributed by atoms with Crippen molar-refractivity contribution < 1.29 is 9.57 Å². The molecule has 0 aromatic heterocycles. The van der Waals surface area contributed by atoms with Gasteiger partial charge >= 0.3 is 0 Å². The molecule has 3 nitrogen and oxygen atoms in total. The van der Waals surface area contributed by atoms with Gasteiger partial charge in [0.25, 0.3) is 0 Å². The molecule has 0 bridgehead atoms. The van der Waals surface area contributed by atoms with Gasteiger partial charge in [-0.3, -0.25) is 0 Å². The highest BCUT2D eigenvalue weighted by atomic mass is 16.6. The first-order chi connectivity index (χ1) is 6.81. The van der Waals surface area contributed by atoms with Crippen LogP contribution in [0.2, 0.25) is 0 Å². The Kier molecular flexibility index (Phi) is 2.70. The van der Waals surface area contributed by atoms with Gasteiger partial charge in [-0.2, -0.15) is 0 Å². The molecular formula is C11H15NO2. The normalized spacial score (nSPS) is 16.1. The Morgan fingerprint density at radius 1 is 1.57 bits per heavy atom. The summed E-state index contributed by atoms with van der Waals surface area (Å²) >= 11 is 0. The van der Waals surface area contributed by atoms with Crippen LogP contribution in [0.3, 0.4) is 0 Å². The summed E-state index contributed by atoms with van der Waals surface area (Å²) in [5.74, 6) is 6.42. The minimum atomic E-state index is 0.339. The summed E-state index contributed by atoms with van der Waals surface area (Å²) in [5.41, 5.74) is 2.56. The summed E-state index contributed by atoms with van der Waals surface area (Å²) in [4.78, 5) is 4.65. The Hall–Kier alpha value is -1.06. The Morgan fingerprint density at radius 2 is 2.43 bits per heavy atom. The number of benzene rings is 1. The molecule has 0 radical (unpaired) electrons. The van der Waals surface area contributed by atoms with Crippen molar-refractivity contribution in [1.29, 1.82) is 0 Å². The van der Waals surface area contributed by atoms with Crippen LogP contribution < -0.4 is 10.6 Å². The molecule has 0 saturated carbocycles. The highest BCUT2D eigenvalue weighted by Crippen LogP contribution is 2.28. The van der Waals surface area contributed by atoms with Crippen molar-refractivity contribution >= 4 is 0 Å². The highest BCUT2D eigenvalue weighted by molar-refractivity contribution is 5.40. The van der Waals surface area contributed by atoms with Crippen molar-refractivity contribution in [3.63, 3.8) is 0 Å². The minimum Gasteiger partial charge on any atom is -0.493 e. The quantitative estimate of drug-likeness (QED) is 0.742. The van der Waals surface area contributed by atoms with Crippen LogP contribution >= 0.6 is 0 Å². The van der Waals surface area contributed by atoms with Gasteiger partial charge in [0.05, 0.1) is 13.2 Å². The molecule has 1 unspecified atom stereocenters. The lowest BCUT2D eigenvalue weighted by molar-refractivity contribution is 0.126. The lowest BCUT2D eigenvalue weighted by atomic mass is 9.99. The van der Waals surface area contributed by atoms with Crippen LogP contribution in [0, 0.1) is 0 Å². The van der Waals surface area contributed by atoms with Crippen molar-refractivity contribution in [2.24, 2.45) is 5.90 Å². The average Bonchev–Trinajstić information content (AvgIpc) is 2.64. The molecule has 2 rings (SSSR count). The molecule has 76 valence electrons. The molecule has 1 aromatic rings. The fraction of sp³-hybridized carbons (Fsp3) is 0.455. The second kappa shape index (κ2) is 3.98.